The summed E-state index contributed by atoms with van der Waals surface area (Å²) in [6.07, 6.45) is 1.53. The van der Waals surface area contributed by atoms with Crippen LogP contribution >= 0.6 is 11.6 Å². The largest absolute Gasteiger partial charge is 0.467 e. The van der Waals surface area contributed by atoms with E-state index in [9.17, 15) is 9.00 Å². The lowest BCUT2D eigenvalue weighted by molar-refractivity contribution is -0.120. The van der Waals surface area contributed by atoms with Crippen molar-refractivity contribution in [1.29, 1.82) is 0 Å². The molecule has 7 heteroatoms. The van der Waals surface area contributed by atoms with E-state index in [4.69, 9.17) is 21.8 Å². The number of benzene rings is 1. The highest BCUT2D eigenvalue weighted by Crippen LogP contribution is 2.24. The number of carbonyl (C=O) groups is 1. The van der Waals surface area contributed by atoms with Gasteiger partial charge in [0, 0.05) is 5.69 Å². The normalized spacial score (nSPS) is 13.6. The molecule has 1 aromatic carbocycles. The van der Waals surface area contributed by atoms with Crippen LogP contribution in [0.1, 0.15) is 12.7 Å². The minimum Gasteiger partial charge on any atom is -0.467 e. The number of furan rings is 1. The molecule has 21 heavy (non-hydrogen) atoms. The molecule has 0 saturated heterocycles. The van der Waals surface area contributed by atoms with Crippen molar-refractivity contribution in [2.45, 2.75) is 23.6 Å². The minimum atomic E-state index is -1.56. The third-order valence-corrected chi connectivity index (χ3v) is 4.95. The molecule has 0 spiro atoms. The Hall–Kier alpha value is -1.79. The van der Waals surface area contributed by atoms with Crippen molar-refractivity contribution in [3.05, 3.63) is 47.4 Å². The van der Waals surface area contributed by atoms with Crippen molar-refractivity contribution in [2.24, 2.45) is 0 Å². The molecule has 0 saturated carbocycles. The zero-order chi connectivity index (χ0) is 15.4. The Bertz CT molecular complexity index is 658. The maximum atomic E-state index is 12.4. The van der Waals surface area contributed by atoms with Gasteiger partial charge in [-0.05, 0) is 37.3 Å². The van der Waals surface area contributed by atoms with Crippen LogP contribution in [0, 0.1) is 0 Å². The Morgan fingerprint density at radius 1 is 1.48 bits per heavy atom. The molecule has 0 radical (unpaired) electrons. The Kier molecular flexibility index (Phi) is 5.03. The van der Waals surface area contributed by atoms with Gasteiger partial charge in [-0.2, -0.15) is 0 Å². The van der Waals surface area contributed by atoms with Crippen LogP contribution in [0.4, 0.5) is 5.69 Å². The van der Waals surface area contributed by atoms with Crippen LogP contribution in [-0.4, -0.2) is 15.4 Å². The van der Waals surface area contributed by atoms with E-state index in [2.05, 4.69) is 5.32 Å². The molecule has 0 bridgehead atoms. The summed E-state index contributed by atoms with van der Waals surface area (Å²) in [4.78, 5) is 12.4. The van der Waals surface area contributed by atoms with Crippen molar-refractivity contribution in [3.63, 3.8) is 0 Å². The average Bonchev–Trinajstić information content (AvgIpc) is 2.96. The van der Waals surface area contributed by atoms with E-state index in [-0.39, 0.29) is 12.5 Å². The third-order valence-electron chi connectivity index (χ3n) is 2.88. The molecule has 2 unspecified atom stereocenters. The lowest BCUT2D eigenvalue weighted by atomic mass is 10.3. The summed E-state index contributed by atoms with van der Waals surface area (Å²) < 4.78 is 17.5. The molecule has 2 rings (SSSR count). The second-order valence-electron chi connectivity index (χ2n) is 4.43. The summed E-state index contributed by atoms with van der Waals surface area (Å²) in [7, 11) is -1.56. The zero-order valence-corrected chi connectivity index (χ0v) is 12.9. The van der Waals surface area contributed by atoms with Gasteiger partial charge in [-0.3, -0.25) is 9.00 Å². The topological polar surface area (TPSA) is 85.3 Å². The van der Waals surface area contributed by atoms with E-state index in [1.165, 1.54) is 12.3 Å². The quantitative estimate of drug-likeness (QED) is 0.826. The van der Waals surface area contributed by atoms with Gasteiger partial charge in [-0.1, -0.05) is 11.6 Å². The molecule has 2 aromatic rings. The Morgan fingerprint density at radius 3 is 2.86 bits per heavy atom. The molecule has 0 aliphatic heterocycles. The predicted octanol–water partition coefficient (Wildman–Crippen LogP) is 2.33. The van der Waals surface area contributed by atoms with Crippen LogP contribution in [-0.2, 0) is 22.1 Å². The SMILES string of the molecule is CC(C(=O)NCc1ccco1)S(=O)c1ccc(N)cc1Cl. The van der Waals surface area contributed by atoms with Gasteiger partial charge >= 0.3 is 0 Å². The van der Waals surface area contributed by atoms with E-state index < -0.39 is 16.0 Å². The lowest BCUT2D eigenvalue weighted by Crippen LogP contribution is -2.35. The van der Waals surface area contributed by atoms with Crippen molar-refractivity contribution < 1.29 is 13.4 Å². The molecule has 5 nitrogen and oxygen atoms in total. The fourth-order valence-corrected chi connectivity index (χ4v) is 3.23. The van der Waals surface area contributed by atoms with E-state index in [0.29, 0.717) is 21.4 Å². The number of amides is 1. The maximum absolute atomic E-state index is 12.4. The van der Waals surface area contributed by atoms with Crippen molar-refractivity contribution in [1.82, 2.24) is 5.32 Å². The van der Waals surface area contributed by atoms with Gasteiger partial charge in [0.25, 0.3) is 0 Å². The van der Waals surface area contributed by atoms with Crippen LogP contribution in [0.3, 0.4) is 0 Å². The van der Waals surface area contributed by atoms with Crippen LogP contribution in [0.2, 0.25) is 5.02 Å². The predicted molar refractivity (Wildman–Crippen MR) is 82.3 cm³/mol. The number of anilines is 1. The number of nitrogen functional groups attached to an aromatic ring is 1. The molecule has 0 aliphatic rings. The van der Waals surface area contributed by atoms with Gasteiger partial charge in [0.1, 0.15) is 11.0 Å². The number of carbonyl (C=O) groups excluding carboxylic acids is 1. The van der Waals surface area contributed by atoms with E-state index >= 15 is 0 Å². The Balaban J connectivity index is 2.02. The third kappa shape index (κ3) is 3.86. The number of hydrogen-bond donors (Lipinski definition) is 2. The van der Waals surface area contributed by atoms with Crippen molar-refractivity contribution in [2.75, 3.05) is 5.73 Å². The van der Waals surface area contributed by atoms with Gasteiger partial charge < -0.3 is 15.5 Å². The molecule has 1 heterocycles. The highest BCUT2D eigenvalue weighted by atomic mass is 35.5. The summed E-state index contributed by atoms with van der Waals surface area (Å²) in [5.41, 5.74) is 6.07. The fourth-order valence-electron chi connectivity index (χ4n) is 1.70. The minimum absolute atomic E-state index is 0.253. The molecule has 1 amide bonds. The first kappa shape index (κ1) is 15.6. The molecular weight excluding hydrogens is 312 g/mol. The van der Waals surface area contributed by atoms with Crippen LogP contribution in [0.5, 0.6) is 0 Å². The molecule has 0 fully saturated rings. The molecule has 112 valence electrons. The number of hydrogen-bond acceptors (Lipinski definition) is 4. The van der Waals surface area contributed by atoms with Crippen molar-refractivity contribution >= 4 is 34.0 Å². The summed E-state index contributed by atoms with van der Waals surface area (Å²) in [6.45, 7) is 1.84. The van der Waals surface area contributed by atoms with Crippen LogP contribution in [0.15, 0.2) is 45.9 Å². The highest BCUT2D eigenvalue weighted by molar-refractivity contribution is 7.86. The average molecular weight is 327 g/mol. The second kappa shape index (κ2) is 6.78. The number of halogens is 1. The monoisotopic (exact) mass is 326 g/mol. The van der Waals surface area contributed by atoms with E-state index in [0.717, 1.165) is 0 Å². The molecule has 1 aromatic heterocycles. The standard InChI is InChI=1S/C14H15ClN2O3S/c1-9(14(18)17-8-11-3-2-6-20-11)21(19)13-5-4-10(16)7-12(13)15/h2-7,9H,8,16H2,1H3,(H,17,18). The molecule has 0 aliphatic carbocycles. The fraction of sp³-hybridized carbons (Fsp3) is 0.214. The highest BCUT2D eigenvalue weighted by Gasteiger charge is 2.23. The Morgan fingerprint density at radius 2 is 2.24 bits per heavy atom. The molecule has 3 N–H and O–H groups in total. The van der Waals surface area contributed by atoms with Gasteiger partial charge in [0.15, 0.2) is 0 Å². The zero-order valence-electron chi connectivity index (χ0n) is 11.3. The van der Waals surface area contributed by atoms with Gasteiger partial charge in [0.05, 0.1) is 33.5 Å². The summed E-state index contributed by atoms with van der Waals surface area (Å²) >= 11 is 6.01. The number of nitrogens with one attached hydrogen (secondary N) is 1. The summed E-state index contributed by atoms with van der Waals surface area (Å²) in [5.74, 6) is 0.296. The lowest BCUT2D eigenvalue weighted by Gasteiger charge is -2.12. The number of nitrogens with two attached hydrogens (primary N) is 1. The summed E-state index contributed by atoms with van der Waals surface area (Å²) in [5, 5.41) is 2.23. The second-order valence-corrected chi connectivity index (χ2v) is 6.58. The van der Waals surface area contributed by atoms with Crippen LogP contribution in [0.25, 0.3) is 0 Å². The Labute approximate surface area is 129 Å². The first-order chi connectivity index (χ1) is 9.99. The van der Waals surface area contributed by atoms with Crippen molar-refractivity contribution in [3.8, 4) is 0 Å². The smallest absolute Gasteiger partial charge is 0.236 e. The first-order valence-electron chi connectivity index (χ1n) is 6.24. The van der Waals surface area contributed by atoms with Gasteiger partial charge in [-0.25, -0.2) is 0 Å². The molecule has 2 atom stereocenters. The summed E-state index contributed by atoms with van der Waals surface area (Å²) in [6, 6.07) is 8.18. The molecular formula is C14H15ClN2O3S. The first-order valence-corrected chi connectivity index (χ1v) is 7.84. The van der Waals surface area contributed by atoms with Gasteiger partial charge in [0.2, 0.25) is 5.91 Å². The van der Waals surface area contributed by atoms with E-state index in [1.54, 1.807) is 31.2 Å². The van der Waals surface area contributed by atoms with E-state index in [1.807, 2.05) is 0 Å². The van der Waals surface area contributed by atoms with Crippen LogP contribution < -0.4 is 11.1 Å². The number of rotatable bonds is 5. The maximum Gasteiger partial charge on any atom is 0.236 e. The van der Waals surface area contributed by atoms with Gasteiger partial charge in [-0.15, -0.1) is 0 Å².